The van der Waals surface area contributed by atoms with Crippen molar-refractivity contribution < 1.29 is 5.11 Å². The van der Waals surface area contributed by atoms with E-state index in [2.05, 4.69) is 53.5 Å². The lowest BCUT2D eigenvalue weighted by molar-refractivity contribution is 0.181. The zero-order valence-electron chi connectivity index (χ0n) is 17.8. The third-order valence-corrected chi connectivity index (χ3v) is 5.35. The molecule has 154 valence electrons. The first-order valence-corrected chi connectivity index (χ1v) is 10.5. The molecule has 0 aliphatic heterocycles. The highest BCUT2D eigenvalue weighted by molar-refractivity contribution is 7.13. The van der Waals surface area contributed by atoms with E-state index in [0.29, 0.717) is 19.0 Å². The standard InChI is InChI=1S/C21H33N5OS/c1-7-22-19(23-12-17-14-28-20(25-17)26(5)6)24-13-18(27)15-8-10-16(11-9-15)21(2,3)4/h8-11,14,18,27H,7,12-13H2,1-6H3,(H2,22,23,24). The summed E-state index contributed by atoms with van der Waals surface area (Å²) in [5.74, 6) is 0.673. The summed E-state index contributed by atoms with van der Waals surface area (Å²) in [6.45, 7) is 10.2. The van der Waals surface area contributed by atoms with Crippen LogP contribution in [0.25, 0.3) is 0 Å². The van der Waals surface area contributed by atoms with E-state index < -0.39 is 6.10 Å². The molecule has 0 radical (unpaired) electrons. The molecule has 1 aromatic heterocycles. The molecule has 1 heterocycles. The topological polar surface area (TPSA) is 72.8 Å². The van der Waals surface area contributed by atoms with Crippen LogP contribution in [-0.4, -0.2) is 43.2 Å². The van der Waals surface area contributed by atoms with Gasteiger partial charge in [0.25, 0.3) is 0 Å². The van der Waals surface area contributed by atoms with E-state index >= 15 is 0 Å². The van der Waals surface area contributed by atoms with Crippen LogP contribution in [0.3, 0.4) is 0 Å². The van der Waals surface area contributed by atoms with E-state index in [4.69, 9.17) is 0 Å². The summed E-state index contributed by atoms with van der Waals surface area (Å²) in [4.78, 5) is 11.1. The Kier molecular flexibility index (Phi) is 7.83. The van der Waals surface area contributed by atoms with Gasteiger partial charge in [0.15, 0.2) is 11.1 Å². The fourth-order valence-corrected chi connectivity index (χ4v) is 3.34. The van der Waals surface area contributed by atoms with Gasteiger partial charge in [-0.25, -0.2) is 9.98 Å². The van der Waals surface area contributed by atoms with Crippen LogP contribution in [0.1, 0.15) is 50.6 Å². The minimum Gasteiger partial charge on any atom is -0.387 e. The van der Waals surface area contributed by atoms with Gasteiger partial charge in [-0.3, -0.25) is 0 Å². The molecule has 1 aromatic carbocycles. The SMILES string of the molecule is CCNC(=NCc1csc(N(C)C)n1)NCC(O)c1ccc(C(C)(C)C)cc1. The molecule has 0 bridgehead atoms. The normalized spacial score (nSPS) is 13.3. The van der Waals surface area contributed by atoms with Gasteiger partial charge in [0.1, 0.15) is 0 Å². The molecule has 7 heteroatoms. The summed E-state index contributed by atoms with van der Waals surface area (Å²) in [5, 5.41) is 19.9. The molecule has 0 aliphatic carbocycles. The zero-order chi connectivity index (χ0) is 20.7. The van der Waals surface area contributed by atoms with E-state index in [1.165, 1.54) is 5.56 Å². The summed E-state index contributed by atoms with van der Waals surface area (Å²) < 4.78 is 0. The first-order chi connectivity index (χ1) is 13.2. The lowest BCUT2D eigenvalue weighted by Crippen LogP contribution is -2.39. The van der Waals surface area contributed by atoms with Gasteiger partial charge in [-0.1, -0.05) is 45.0 Å². The van der Waals surface area contributed by atoms with Crippen LogP contribution in [0.15, 0.2) is 34.6 Å². The maximum Gasteiger partial charge on any atom is 0.191 e. The van der Waals surface area contributed by atoms with Crippen molar-refractivity contribution in [3.8, 4) is 0 Å². The third kappa shape index (κ3) is 6.49. The van der Waals surface area contributed by atoms with E-state index in [9.17, 15) is 5.11 Å². The summed E-state index contributed by atoms with van der Waals surface area (Å²) in [6, 6.07) is 8.16. The third-order valence-electron chi connectivity index (χ3n) is 4.29. The Morgan fingerprint density at radius 1 is 1.21 bits per heavy atom. The quantitative estimate of drug-likeness (QED) is 0.489. The van der Waals surface area contributed by atoms with Gasteiger partial charge in [-0.15, -0.1) is 11.3 Å². The van der Waals surface area contributed by atoms with Gasteiger partial charge in [0, 0.05) is 32.6 Å². The van der Waals surface area contributed by atoms with E-state index in [1.54, 1.807) is 11.3 Å². The molecule has 0 saturated carbocycles. The molecule has 0 aliphatic rings. The maximum atomic E-state index is 10.5. The number of hydrogen-bond acceptors (Lipinski definition) is 5. The number of nitrogens with zero attached hydrogens (tertiary/aromatic N) is 3. The van der Waals surface area contributed by atoms with Crippen molar-refractivity contribution >= 4 is 22.4 Å². The molecular weight excluding hydrogens is 370 g/mol. The van der Waals surface area contributed by atoms with E-state index in [1.807, 2.05) is 43.4 Å². The second-order valence-corrected chi connectivity index (χ2v) is 8.82. The molecule has 0 fully saturated rings. The predicted octanol–water partition coefficient (Wildman–Crippen LogP) is 3.30. The number of anilines is 1. The van der Waals surface area contributed by atoms with Crippen LogP contribution >= 0.6 is 11.3 Å². The Bertz CT molecular complexity index is 762. The van der Waals surface area contributed by atoms with Gasteiger partial charge in [0.2, 0.25) is 0 Å². The molecule has 6 nitrogen and oxygen atoms in total. The van der Waals surface area contributed by atoms with Gasteiger partial charge < -0.3 is 20.6 Å². The molecule has 2 aromatic rings. The smallest absolute Gasteiger partial charge is 0.191 e. The van der Waals surface area contributed by atoms with Crippen LogP contribution in [0, 0.1) is 0 Å². The van der Waals surface area contributed by atoms with Gasteiger partial charge >= 0.3 is 0 Å². The molecule has 0 amide bonds. The summed E-state index contributed by atoms with van der Waals surface area (Å²) >= 11 is 1.61. The Balaban J connectivity index is 1.95. The number of thiazole rings is 1. The Morgan fingerprint density at radius 3 is 2.43 bits per heavy atom. The molecule has 3 N–H and O–H groups in total. The monoisotopic (exact) mass is 403 g/mol. The first kappa shape index (κ1) is 22.2. The average molecular weight is 404 g/mol. The van der Waals surface area contributed by atoms with Crippen molar-refractivity contribution in [3.63, 3.8) is 0 Å². The second kappa shape index (κ2) is 9.89. The van der Waals surface area contributed by atoms with Crippen LogP contribution in [0.4, 0.5) is 5.13 Å². The fraction of sp³-hybridized carbons (Fsp3) is 0.524. The number of aliphatic hydroxyl groups excluding tert-OH is 1. The van der Waals surface area contributed by atoms with Crippen molar-refractivity contribution in [1.29, 1.82) is 0 Å². The Morgan fingerprint density at radius 2 is 1.89 bits per heavy atom. The Labute approximate surface area is 172 Å². The highest BCUT2D eigenvalue weighted by Gasteiger charge is 2.15. The van der Waals surface area contributed by atoms with Crippen molar-refractivity contribution in [2.75, 3.05) is 32.1 Å². The van der Waals surface area contributed by atoms with Crippen LogP contribution in [0.2, 0.25) is 0 Å². The number of aromatic nitrogens is 1. The maximum absolute atomic E-state index is 10.5. The molecule has 28 heavy (non-hydrogen) atoms. The molecule has 0 saturated heterocycles. The number of aliphatic imine (C=N–C) groups is 1. The van der Waals surface area contributed by atoms with Crippen LogP contribution in [0.5, 0.6) is 0 Å². The summed E-state index contributed by atoms with van der Waals surface area (Å²) in [7, 11) is 3.96. The number of guanidine groups is 1. The van der Waals surface area contributed by atoms with E-state index in [-0.39, 0.29) is 5.41 Å². The summed E-state index contributed by atoms with van der Waals surface area (Å²) in [6.07, 6.45) is -0.600. The first-order valence-electron chi connectivity index (χ1n) is 9.63. The number of nitrogens with one attached hydrogen (secondary N) is 2. The highest BCUT2D eigenvalue weighted by Crippen LogP contribution is 2.24. The van der Waals surface area contributed by atoms with Crippen LogP contribution in [-0.2, 0) is 12.0 Å². The van der Waals surface area contributed by atoms with Crippen molar-refractivity contribution in [1.82, 2.24) is 15.6 Å². The van der Waals surface area contributed by atoms with Crippen molar-refractivity contribution in [3.05, 3.63) is 46.5 Å². The minimum atomic E-state index is -0.600. The van der Waals surface area contributed by atoms with Crippen LogP contribution < -0.4 is 15.5 Å². The molecular formula is C21H33N5OS. The van der Waals surface area contributed by atoms with Crippen molar-refractivity contribution in [2.24, 2.45) is 4.99 Å². The highest BCUT2D eigenvalue weighted by atomic mass is 32.1. The number of hydrogen-bond donors (Lipinski definition) is 3. The number of rotatable bonds is 7. The predicted molar refractivity (Wildman–Crippen MR) is 119 cm³/mol. The number of aliphatic hydroxyl groups is 1. The Hall–Kier alpha value is -2.12. The average Bonchev–Trinajstić information content (AvgIpc) is 3.12. The zero-order valence-corrected chi connectivity index (χ0v) is 18.6. The number of benzene rings is 1. The van der Waals surface area contributed by atoms with Gasteiger partial charge in [-0.05, 0) is 23.5 Å². The fourth-order valence-electron chi connectivity index (χ4n) is 2.59. The molecule has 1 unspecified atom stereocenters. The lowest BCUT2D eigenvalue weighted by Gasteiger charge is -2.20. The van der Waals surface area contributed by atoms with Gasteiger partial charge in [0.05, 0.1) is 18.3 Å². The lowest BCUT2D eigenvalue weighted by atomic mass is 9.86. The largest absolute Gasteiger partial charge is 0.387 e. The minimum absolute atomic E-state index is 0.106. The van der Waals surface area contributed by atoms with Gasteiger partial charge in [-0.2, -0.15) is 0 Å². The van der Waals surface area contributed by atoms with Crippen molar-refractivity contribution in [2.45, 2.75) is 45.8 Å². The van der Waals surface area contributed by atoms with E-state index in [0.717, 1.165) is 22.9 Å². The molecule has 2 rings (SSSR count). The summed E-state index contributed by atoms with van der Waals surface area (Å²) in [5.41, 5.74) is 3.19. The molecule has 0 spiro atoms. The second-order valence-electron chi connectivity index (χ2n) is 7.98. The molecule has 1 atom stereocenters.